The van der Waals surface area contributed by atoms with E-state index in [0.717, 1.165) is 19.1 Å². The van der Waals surface area contributed by atoms with Crippen LogP contribution in [0, 0.1) is 11.3 Å². The van der Waals surface area contributed by atoms with E-state index in [2.05, 4.69) is 17.6 Å². The van der Waals surface area contributed by atoms with Crippen LogP contribution >= 0.6 is 0 Å². The molecule has 3 nitrogen and oxygen atoms in total. The molecular formula is C14H28N2O. The largest absolute Gasteiger partial charge is 0.381 e. The molecule has 0 aromatic rings. The lowest BCUT2D eigenvalue weighted by Gasteiger charge is -2.34. The summed E-state index contributed by atoms with van der Waals surface area (Å²) in [5, 5.41) is 7.10. The van der Waals surface area contributed by atoms with Crippen LogP contribution in [0.3, 0.4) is 0 Å². The average molecular weight is 240 g/mol. The number of nitrogens with one attached hydrogen (secondary N) is 2. The van der Waals surface area contributed by atoms with E-state index in [1.165, 1.54) is 58.3 Å². The molecular weight excluding hydrogens is 212 g/mol. The normalized spacial score (nSPS) is 25.9. The molecule has 2 heterocycles. The predicted octanol–water partition coefficient (Wildman–Crippen LogP) is 1.78. The van der Waals surface area contributed by atoms with Crippen molar-refractivity contribution in [1.29, 1.82) is 0 Å². The molecule has 0 atom stereocenters. The second kappa shape index (κ2) is 6.72. The van der Waals surface area contributed by atoms with Gasteiger partial charge in [-0.1, -0.05) is 6.92 Å². The Hall–Kier alpha value is -0.120. The van der Waals surface area contributed by atoms with Gasteiger partial charge in [0.15, 0.2) is 0 Å². The molecule has 2 saturated heterocycles. The summed E-state index contributed by atoms with van der Waals surface area (Å²) < 4.78 is 5.43. The minimum atomic E-state index is 0.479. The summed E-state index contributed by atoms with van der Waals surface area (Å²) in [5.41, 5.74) is 0.479. The summed E-state index contributed by atoms with van der Waals surface area (Å²) >= 11 is 0. The maximum Gasteiger partial charge on any atom is 0.0471 e. The molecule has 0 bridgehead atoms. The second-order valence-electron chi connectivity index (χ2n) is 6.08. The SMILES string of the molecule is CC1(CNCCC2CCNCC2)CCOCC1. The first-order valence-corrected chi connectivity index (χ1v) is 7.28. The van der Waals surface area contributed by atoms with Gasteiger partial charge >= 0.3 is 0 Å². The van der Waals surface area contributed by atoms with Gasteiger partial charge in [-0.05, 0) is 63.1 Å². The molecule has 2 fully saturated rings. The first-order chi connectivity index (χ1) is 8.29. The van der Waals surface area contributed by atoms with E-state index in [4.69, 9.17) is 4.74 Å². The van der Waals surface area contributed by atoms with Crippen LogP contribution < -0.4 is 10.6 Å². The molecule has 2 aliphatic heterocycles. The van der Waals surface area contributed by atoms with Crippen molar-refractivity contribution >= 4 is 0 Å². The van der Waals surface area contributed by atoms with E-state index in [1.54, 1.807) is 0 Å². The van der Waals surface area contributed by atoms with Gasteiger partial charge in [-0.2, -0.15) is 0 Å². The van der Waals surface area contributed by atoms with Crippen molar-refractivity contribution in [2.45, 2.75) is 39.0 Å². The Balaban J connectivity index is 1.55. The molecule has 100 valence electrons. The van der Waals surface area contributed by atoms with Gasteiger partial charge in [0.1, 0.15) is 0 Å². The van der Waals surface area contributed by atoms with Crippen LogP contribution in [0.1, 0.15) is 39.0 Å². The molecule has 2 aliphatic rings. The fraction of sp³-hybridized carbons (Fsp3) is 1.00. The third kappa shape index (κ3) is 4.57. The summed E-state index contributed by atoms with van der Waals surface area (Å²) in [6.45, 7) is 9.11. The van der Waals surface area contributed by atoms with E-state index in [0.29, 0.717) is 5.41 Å². The Kier molecular flexibility index (Phi) is 5.26. The van der Waals surface area contributed by atoms with Gasteiger partial charge < -0.3 is 15.4 Å². The summed E-state index contributed by atoms with van der Waals surface area (Å²) in [5.74, 6) is 0.950. The van der Waals surface area contributed by atoms with Crippen molar-refractivity contribution < 1.29 is 4.74 Å². The Bertz CT molecular complexity index is 208. The summed E-state index contributed by atoms with van der Waals surface area (Å²) in [6, 6.07) is 0. The van der Waals surface area contributed by atoms with Crippen molar-refractivity contribution in [3.63, 3.8) is 0 Å². The van der Waals surface area contributed by atoms with Crippen molar-refractivity contribution in [2.75, 3.05) is 39.4 Å². The second-order valence-corrected chi connectivity index (χ2v) is 6.08. The maximum atomic E-state index is 5.43. The quantitative estimate of drug-likeness (QED) is 0.719. The Morgan fingerprint density at radius 3 is 2.65 bits per heavy atom. The standard InChI is InChI=1S/C14H28N2O/c1-14(5-10-17-11-6-14)12-16-9-4-13-2-7-15-8-3-13/h13,15-16H,2-12H2,1H3. The fourth-order valence-corrected chi connectivity index (χ4v) is 2.91. The molecule has 17 heavy (non-hydrogen) atoms. The average Bonchev–Trinajstić information content (AvgIpc) is 2.37. The highest BCUT2D eigenvalue weighted by atomic mass is 16.5. The van der Waals surface area contributed by atoms with Crippen LogP contribution in [0.25, 0.3) is 0 Å². The molecule has 0 aromatic carbocycles. The molecule has 2 rings (SSSR count). The molecule has 0 aromatic heterocycles. The summed E-state index contributed by atoms with van der Waals surface area (Å²) in [6.07, 6.45) is 6.52. The van der Waals surface area contributed by atoms with Crippen molar-refractivity contribution in [3.05, 3.63) is 0 Å². The summed E-state index contributed by atoms with van der Waals surface area (Å²) in [4.78, 5) is 0. The van der Waals surface area contributed by atoms with Crippen LogP contribution in [0.5, 0.6) is 0 Å². The van der Waals surface area contributed by atoms with E-state index in [9.17, 15) is 0 Å². The van der Waals surface area contributed by atoms with E-state index < -0.39 is 0 Å². The number of hydrogen-bond acceptors (Lipinski definition) is 3. The van der Waals surface area contributed by atoms with Crippen LogP contribution in [0.4, 0.5) is 0 Å². The number of hydrogen-bond donors (Lipinski definition) is 2. The van der Waals surface area contributed by atoms with Crippen molar-refractivity contribution in [2.24, 2.45) is 11.3 Å². The zero-order valence-corrected chi connectivity index (χ0v) is 11.3. The van der Waals surface area contributed by atoms with E-state index in [-0.39, 0.29) is 0 Å². The molecule has 3 heteroatoms. The third-order valence-corrected chi connectivity index (χ3v) is 4.44. The highest BCUT2D eigenvalue weighted by Gasteiger charge is 2.26. The predicted molar refractivity (Wildman–Crippen MR) is 71.2 cm³/mol. The van der Waals surface area contributed by atoms with Crippen molar-refractivity contribution in [1.82, 2.24) is 10.6 Å². The van der Waals surface area contributed by atoms with Gasteiger partial charge in [-0.3, -0.25) is 0 Å². The zero-order valence-electron chi connectivity index (χ0n) is 11.3. The molecule has 0 spiro atoms. The van der Waals surface area contributed by atoms with Gasteiger partial charge in [0.25, 0.3) is 0 Å². The minimum Gasteiger partial charge on any atom is -0.381 e. The lowest BCUT2D eigenvalue weighted by molar-refractivity contribution is 0.0240. The lowest BCUT2D eigenvalue weighted by atomic mass is 9.82. The minimum absolute atomic E-state index is 0.479. The Morgan fingerprint density at radius 2 is 1.94 bits per heavy atom. The number of ether oxygens (including phenoxy) is 1. The number of rotatable bonds is 5. The van der Waals surface area contributed by atoms with Crippen LogP contribution in [-0.4, -0.2) is 39.4 Å². The molecule has 0 saturated carbocycles. The third-order valence-electron chi connectivity index (χ3n) is 4.44. The van der Waals surface area contributed by atoms with Gasteiger partial charge in [0.2, 0.25) is 0 Å². The molecule has 0 unspecified atom stereocenters. The highest BCUT2D eigenvalue weighted by molar-refractivity contribution is 4.79. The van der Waals surface area contributed by atoms with E-state index in [1.807, 2.05) is 0 Å². The topological polar surface area (TPSA) is 33.3 Å². The molecule has 2 N–H and O–H groups in total. The lowest BCUT2D eigenvalue weighted by Crippen LogP contribution is -2.38. The van der Waals surface area contributed by atoms with Gasteiger partial charge in [0, 0.05) is 19.8 Å². The van der Waals surface area contributed by atoms with Crippen LogP contribution in [-0.2, 0) is 4.74 Å². The molecule has 0 amide bonds. The molecule has 0 radical (unpaired) electrons. The Morgan fingerprint density at radius 1 is 1.24 bits per heavy atom. The zero-order chi connectivity index (χ0) is 12.0. The number of piperidine rings is 1. The van der Waals surface area contributed by atoms with Crippen molar-refractivity contribution in [3.8, 4) is 0 Å². The van der Waals surface area contributed by atoms with Gasteiger partial charge in [0.05, 0.1) is 0 Å². The van der Waals surface area contributed by atoms with Crippen LogP contribution in [0.15, 0.2) is 0 Å². The first-order valence-electron chi connectivity index (χ1n) is 7.28. The van der Waals surface area contributed by atoms with Gasteiger partial charge in [-0.25, -0.2) is 0 Å². The summed E-state index contributed by atoms with van der Waals surface area (Å²) in [7, 11) is 0. The first kappa shape index (κ1) is 13.3. The highest BCUT2D eigenvalue weighted by Crippen LogP contribution is 2.28. The van der Waals surface area contributed by atoms with Gasteiger partial charge in [-0.15, -0.1) is 0 Å². The van der Waals surface area contributed by atoms with Crippen LogP contribution in [0.2, 0.25) is 0 Å². The fourth-order valence-electron chi connectivity index (χ4n) is 2.91. The van der Waals surface area contributed by atoms with E-state index >= 15 is 0 Å². The maximum absolute atomic E-state index is 5.43. The monoisotopic (exact) mass is 240 g/mol. The Labute approximate surface area is 106 Å². The smallest absolute Gasteiger partial charge is 0.0471 e. The molecule has 0 aliphatic carbocycles.